The highest BCUT2D eigenvalue weighted by atomic mass is 16.4. The van der Waals surface area contributed by atoms with Crippen molar-refractivity contribution in [2.75, 3.05) is 0 Å². The summed E-state index contributed by atoms with van der Waals surface area (Å²) in [6, 6.07) is 15.8. The lowest BCUT2D eigenvalue weighted by atomic mass is 10.2. The van der Waals surface area contributed by atoms with E-state index in [0.717, 1.165) is 5.56 Å². The van der Waals surface area contributed by atoms with Gasteiger partial charge in [-0.2, -0.15) is 0 Å². The smallest absolute Gasteiger partial charge is 0.420 e. The highest BCUT2D eigenvalue weighted by Gasteiger charge is 2.21. The molecule has 27 heavy (non-hydrogen) atoms. The van der Waals surface area contributed by atoms with Crippen molar-refractivity contribution in [2.45, 2.75) is 19.5 Å². The number of aromatic nitrogens is 2. The predicted octanol–water partition coefficient (Wildman–Crippen LogP) is 3.13. The number of nitrogens with zero attached hydrogens (tertiary/aromatic N) is 2. The molecular formula is C20H17N3O4. The third-order valence-electron chi connectivity index (χ3n) is 4.30. The van der Waals surface area contributed by atoms with Gasteiger partial charge in [0.2, 0.25) is 11.8 Å². The molecule has 2 aromatic carbocycles. The molecule has 0 radical (unpaired) electrons. The summed E-state index contributed by atoms with van der Waals surface area (Å²) in [7, 11) is 0. The lowest BCUT2D eigenvalue weighted by Crippen LogP contribution is -2.34. The lowest BCUT2D eigenvalue weighted by Gasteiger charge is -2.12. The van der Waals surface area contributed by atoms with E-state index in [0.29, 0.717) is 22.7 Å². The van der Waals surface area contributed by atoms with Crippen molar-refractivity contribution in [1.82, 2.24) is 14.9 Å². The molecule has 0 spiro atoms. The van der Waals surface area contributed by atoms with Crippen molar-refractivity contribution in [3.63, 3.8) is 0 Å². The topological polar surface area (TPSA) is 90.3 Å². The summed E-state index contributed by atoms with van der Waals surface area (Å²) in [6.45, 7) is 1.85. The van der Waals surface area contributed by atoms with E-state index >= 15 is 0 Å². The molecule has 0 aliphatic rings. The molecule has 0 bridgehead atoms. The van der Waals surface area contributed by atoms with Gasteiger partial charge in [-0.1, -0.05) is 30.3 Å². The SMILES string of the molecule is CC(C(=O)NCc1coc(-c2ccccc2)n1)n1c(=O)oc2ccccc21. The van der Waals surface area contributed by atoms with E-state index in [4.69, 9.17) is 8.83 Å². The molecule has 1 N–H and O–H groups in total. The average Bonchev–Trinajstić information content (AvgIpc) is 3.30. The monoisotopic (exact) mass is 363 g/mol. The number of para-hydroxylation sites is 2. The fourth-order valence-corrected chi connectivity index (χ4v) is 2.89. The van der Waals surface area contributed by atoms with Crippen LogP contribution in [0.2, 0.25) is 0 Å². The minimum atomic E-state index is -0.721. The maximum atomic E-state index is 12.5. The minimum Gasteiger partial charge on any atom is -0.444 e. The predicted molar refractivity (Wildman–Crippen MR) is 99.0 cm³/mol. The molecule has 1 atom stereocenters. The van der Waals surface area contributed by atoms with Crippen LogP contribution in [0.1, 0.15) is 18.7 Å². The van der Waals surface area contributed by atoms with Crippen molar-refractivity contribution in [3.05, 3.63) is 77.1 Å². The van der Waals surface area contributed by atoms with Gasteiger partial charge >= 0.3 is 5.76 Å². The standard InChI is InChI=1S/C20H17N3O4/c1-13(23-16-9-5-6-10-17(16)27-20(23)25)18(24)21-11-15-12-26-19(22-15)14-7-3-2-4-8-14/h2-10,12-13H,11H2,1H3,(H,21,24). The molecule has 136 valence electrons. The Bertz CT molecular complexity index is 1140. The van der Waals surface area contributed by atoms with Crippen LogP contribution in [-0.4, -0.2) is 15.5 Å². The second-order valence-electron chi connectivity index (χ2n) is 6.11. The summed E-state index contributed by atoms with van der Waals surface area (Å²) in [5.74, 6) is -0.385. The second-order valence-corrected chi connectivity index (χ2v) is 6.11. The summed E-state index contributed by atoms with van der Waals surface area (Å²) < 4.78 is 12.0. The number of fused-ring (bicyclic) bond motifs is 1. The zero-order valence-electron chi connectivity index (χ0n) is 14.6. The molecule has 7 nitrogen and oxygen atoms in total. The second kappa shape index (κ2) is 6.95. The highest BCUT2D eigenvalue weighted by Crippen LogP contribution is 2.19. The van der Waals surface area contributed by atoms with Crippen LogP contribution in [0.4, 0.5) is 0 Å². The Morgan fingerprint density at radius 1 is 1.15 bits per heavy atom. The van der Waals surface area contributed by atoms with E-state index in [1.807, 2.05) is 30.3 Å². The molecule has 0 saturated carbocycles. The van der Waals surface area contributed by atoms with Crippen molar-refractivity contribution >= 4 is 17.0 Å². The number of amides is 1. The zero-order chi connectivity index (χ0) is 18.8. The minimum absolute atomic E-state index is 0.198. The maximum Gasteiger partial charge on any atom is 0.420 e. The quantitative estimate of drug-likeness (QED) is 0.588. The molecule has 4 aromatic rings. The highest BCUT2D eigenvalue weighted by molar-refractivity contribution is 5.82. The van der Waals surface area contributed by atoms with Crippen LogP contribution < -0.4 is 11.1 Å². The molecule has 0 aliphatic heterocycles. The first-order valence-electron chi connectivity index (χ1n) is 8.51. The molecule has 7 heteroatoms. The van der Waals surface area contributed by atoms with Gasteiger partial charge in [0, 0.05) is 5.56 Å². The molecule has 4 rings (SSSR count). The Kier molecular flexibility index (Phi) is 4.33. The Balaban J connectivity index is 1.47. The van der Waals surface area contributed by atoms with Gasteiger partial charge in [0.05, 0.1) is 17.8 Å². The van der Waals surface area contributed by atoms with Crippen LogP contribution in [-0.2, 0) is 11.3 Å². The Labute approximate surface area is 154 Å². The van der Waals surface area contributed by atoms with E-state index in [1.165, 1.54) is 10.8 Å². The van der Waals surface area contributed by atoms with Crippen LogP contribution in [0, 0.1) is 0 Å². The summed E-state index contributed by atoms with van der Waals surface area (Å²) in [5.41, 5.74) is 2.49. The normalized spacial score (nSPS) is 12.2. The van der Waals surface area contributed by atoms with Gasteiger partial charge in [0.15, 0.2) is 5.58 Å². The Morgan fingerprint density at radius 2 is 1.89 bits per heavy atom. The first kappa shape index (κ1) is 16.8. The fraction of sp³-hybridized carbons (Fsp3) is 0.150. The summed E-state index contributed by atoms with van der Waals surface area (Å²) in [4.78, 5) is 29.0. The third-order valence-corrected chi connectivity index (χ3v) is 4.30. The van der Waals surface area contributed by atoms with E-state index in [9.17, 15) is 9.59 Å². The average molecular weight is 363 g/mol. The molecule has 2 aromatic heterocycles. The van der Waals surface area contributed by atoms with E-state index in [1.54, 1.807) is 31.2 Å². The number of rotatable bonds is 5. The lowest BCUT2D eigenvalue weighted by molar-refractivity contribution is -0.124. The maximum absolute atomic E-state index is 12.5. The zero-order valence-corrected chi connectivity index (χ0v) is 14.6. The molecule has 0 saturated heterocycles. The van der Waals surface area contributed by atoms with Crippen LogP contribution in [0.25, 0.3) is 22.6 Å². The van der Waals surface area contributed by atoms with E-state index < -0.39 is 11.8 Å². The van der Waals surface area contributed by atoms with Crippen molar-refractivity contribution in [3.8, 4) is 11.5 Å². The van der Waals surface area contributed by atoms with Gasteiger partial charge in [-0.05, 0) is 31.2 Å². The van der Waals surface area contributed by atoms with Crippen molar-refractivity contribution in [1.29, 1.82) is 0 Å². The molecule has 2 heterocycles. The number of nitrogens with one attached hydrogen (secondary N) is 1. The van der Waals surface area contributed by atoms with Crippen molar-refractivity contribution < 1.29 is 13.6 Å². The van der Waals surface area contributed by atoms with E-state index in [2.05, 4.69) is 10.3 Å². The number of hydrogen-bond acceptors (Lipinski definition) is 5. The fourth-order valence-electron chi connectivity index (χ4n) is 2.89. The summed E-state index contributed by atoms with van der Waals surface area (Å²) in [6.07, 6.45) is 1.51. The number of benzene rings is 2. The van der Waals surface area contributed by atoms with Crippen LogP contribution in [0.3, 0.4) is 0 Å². The van der Waals surface area contributed by atoms with E-state index in [-0.39, 0.29) is 12.5 Å². The van der Waals surface area contributed by atoms with Gasteiger partial charge in [-0.3, -0.25) is 9.36 Å². The van der Waals surface area contributed by atoms with Crippen LogP contribution >= 0.6 is 0 Å². The first-order chi connectivity index (χ1) is 13.1. The molecule has 0 aliphatic carbocycles. The summed E-state index contributed by atoms with van der Waals surface area (Å²) >= 11 is 0. The molecule has 0 fully saturated rings. The van der Waals surface area contributed by atoms with Crippen LogP contribution in [0.15, 0.2) is 74.5 Å². The number of carbonyl (C=O) groups excluding carboxylic acids is 1. The molecule has 1 amide bonds. The molecular weight excluding hydrogens is 346 g/mol. The number of oxazole rings is 2. The first-order valence-corrected chi connectivity index (χ1v) is 8.51. The largest absolute Gasteiger partial charge is 0.444 e. The molecule has 1 unspecified atom stereocenters. The van der Waals surface area contributed by atoms with Crippen molar-refractivity contribution in [2.24, 2.45) is 0 Å². The summed E-state index contributed by atoms with van der Waals surface area (Å²) in [5, 5.41) is 2.78. The number of carbonyl (C=O) groups is 1. The van der Waals surface area contributed by atoms with Gasteiger partial charge < -0.3 is 14.2 Å². The Hall–Kier alpha value is -3.61. The van der Waals surface area contributed by atoms with Gasteiger partial charge in [-0.15, -0.1) is 0 Å². The van der Waals surface area contributed by atoms with Gasteiger partial charge in [0.1, 0.15) is 12.3 Å². The Morgan fingerprint density at radius 3 is 2.70 bits per heavy atom. The van der Waals surface area contributed by atoms with Gasteiger partial charge in [-0.25, -0.2) is 9.78 Å². The van der Waals surface area contributed by atoms with Crippen LogP contribution in [0.5, 0.6) is 0 Å². The number of hydrogen-bond donors (Lipinski definition) is 1. The third kappa shape index (κ3) is 3.27. The van der Waals surface area contributed by atoms with Gasteiger partial charge in [0.25, 0.3) is 0 Å².